The fraction of sp³-hybridized carbons (Fsp3) is 0.613. The van der Waals surface area contributed by atoms with Crippen LogP contribution in [-0.2, 0) is 6.42 Å². The van der Waals surface area contributed by atoms with Crippen molar-refractivity contribution >= 4 is 0 Å². The number of rotatable bonds is 20. The zero-order valence-electron chi connectivity index (χ0n) is 21.9. The molecule has 0 aliphatic rings. The van der Waals surface area contributed by atoms with Crippen molar-refractivity contribution < 1.29 is 4.74 Å². The molecular weight excluding hydrogens is 416 g/mol. The third-order valence-electron chi connectivity index (χ3n) is 6.31. The van der Waals surface area contributed by atoms with Gasteiger partial charge in [0.05, 0.1) is 6.61 Å². The van der Waals surface area contributed by atoms with Gasteiger partial charge in [-0.1, -0.05) is 90.2 Å². The molecule has 0 unspecified atom stereocenters. The maximum atomic E-state index is 5.92. The van der Waals surface area contributed by atoms with E-state index in [2.05, 4.69) is 48.1 Å². The molecule has 0 aliphatic heterocycles. The monoisotopic (exact) mass is 464 g/mol. The van der Waals surface area contributed by atoms with Crippen LogP contribution in [0.1, 0.15) is 116 Å². The summed E-state index contributed by atoms with van der Waals surface area (Å²) in [7, 11) is 0. The Hall–Kier alpha value is -2.16. The average molecular weight is 465 g/mol. The lowest BCUT2D eigenvalue weighted by molar-refractivity contribution is 0.305. The van der Waals surface area contributed by atoms with Crippen molar-refractivity contribution in [3.63, 3.8) is 0 Å². The molecular formula is C31H48N2O. The second kappa shape index (κ2) is 19.2. The van der Waals surface area contributed by atoms with Crippen LogP contribution in [0, 0.1) is 0 Å². The molecule has 0 bridgehead atoms. The molecule has 1 aromatic carbocycles. The Kier molecular flexibility index (Phi) is 15.8. The summed E-state index contributed by atoms with van der Waals surface area (Å²) in [5, 5.41) is 0. The third-order valence-corrected chi connectivity index (χ3v) is 6.31. The topological polar surface area (TPSA) is 35.0 Å². The summed E-state index contributed by atoms with van der Waals surface area (Å²) in [6.07, 6.45) is 29.1. The van der Waals surface area contributed by atoms with Crippen molar-refractivity contribution in [2.45, 2.75) is 117 Å². The molecule has 0 spiro atoms. The van der Waals surface area contributed by atoms with Gasteiger partial charge in [-0.3, -0.25) is 0 Å². The minimum absolute atomic E-state index is 0.787. The fourth-order valence-corrected chi connectivity index (χ4v) is 4.08. The highest BCUT2D eigenvalue weighted by Crippen LogP contribution is 2.20. The van der Waals surface area contributed by atoms with E-state index in [0.717, 1.165) is 36.6 Å². The van der Waals surface area contributed by atoms with Gasteiger partial charge >= 0.3 is 0 Å². The minimum atomic E-state index is 0.787. The second-order valence-electron chi connectivity index (χ2n) is 9.48. The number of ether oxygens (including phenoxy) is 1. The molecule has 0 saturated carbocycles. The van der Waals surface area contributed by atoms with Crippen molar-refractivity contribution in [3.05, 3.63) is 54.4 Å². The van der Waals surface area contributed by atoms with Gasteiger partial charge in [0.25, 0.3) is 0 Å². The van der Waals surface area contributed by atoms with Crippen LogP contribution in [0.2, 0.25) is 0 Å². The van der Waals surface area contributed by atoms with E-state index in [1.54, 1.807) is 0 Å². The second-order valence-corrected chi connectivity index (χ2v) is 9.48. The molecule has 0 radical (unpaired) electrons. The fourth-order valence-electron chi connectivity index (χ4n) is 4.08. The van der Waals surface area contributed by atoms with E-state index in [0.29, 0.717) is 0 Å². The summed E-state index contributed by atoms with van der Waals surface area (Å²) in [5.74, 6) is 1.72. The molecule has 0 N–H and O–H groups in total. The maximum Gasteiger partial charge on any atom is 0.159 e. The predicted octanol–water partition coefficient (Wildman–Crippen LogP) is 9.51. The molecule has 0 atom stereocenters. The first-order valence-electron chi connectivity index (χ1n) is 14.0. The highest BCUT2D eigenvalue weighted by Gasteiger charge is 2.03. The van der Waals surface area contributed by atoms with E-state index in [-0.39, 0.29) is 0 Å². The van der Waals surface area contributed by atoms with Gasteiger partial charge in [-0.15, -0.1) is 0 Å². The van der Waals surface area contributed by atoms with Crippen LogP contribution in [0.4, 0.5) is 0 Å². The van der Waals surface area contributed by atoms with E-state index >= 15 is 0 Å². The molecule has 34 heavy (non-hydrogen) atoms. The number of hydrogen-bond donors (Lipinski definition) is 0. The molecule has 3 heteroatoms. The minimum Gasteiger partial charge on any atom is -0.494 e. The third kappa shape index (κ3) is 12.9. The first kappa shape index (κ1) is 28.1. The van der Waals surface area contributed by atoms with Crippen LogP contribution in [-0.4, -0.2) is 16.6 Å². The van der Waals surface area contributed by atoms with Crippen molar-refractivity contribution in [3.8, 4) is 17.1 Å². The van der Waals surface area contributed by atoms with Gasteiger partial charge in [-0.2, -0.15) is 0 Å². The number of nitrogens with zero attached hydrogens (tertiary/aromatic N) is 2. The van der Waals surface area contributed by atoms with Gasteiger partial charge < -0.3 is 4.74 Å². The van der Waals surface area contributed by atoms with E-state index in [4.69, 9.17) is 4.74 Å². The van der Waals surface area contributed by atoms with E-state index in [1.807, 2.05) is 24.5 Å². The van der Waals surface area contributed by atoms with Crippen molar-refractivity contribution in [2.24, 2.45) is 0 Å². The molecule has 1 heterocycles. The Balaban J connectivity index is 1.58. The van der Waals surface area contributed by atoms with E-state index < -0.39 is 0 Å². The highest BCUT2D eigenvalue weighted by molar-refractivity contribution is 5.55. The lowest BCUT2D eigenvalue weighted by Gasteiger charge is -2.07. The Morgan fingerprint density at radius 2 is 1.24 bits per heavy atom. The zero-order valence-corrected chi connectivity index (χ0v) is 21.9. The average Bonchev–Trinajstić information content (AvgIpc) is 2.87. The molecule has 1 aromatic heterocycles. The first-order chi connectivity index (χ1) is 16.8. The van der Waals surface area contributed by atoms with Crippen LogP contribution in [0.3, 0.4) is 0 Å². The van der Waals surface area contributed by atoms with Crippen LogP contribution < -0.4 is 4.74 Å². The Bertz CT molecular complexity index is 752. The Morgan fingerprint density at radius 3 is 1.94 bits per heavy atom. The number of unbranched alkanes of at least 4 members (excludes halogenated alkanes) is 12. The summed E-state index contributed by atoms with van der Waals surface area (Å²) in [4.78, 5) is 9.19. The predicted molar refractivity (Wildman–Crippen MR) is 146 cm³/mol. The SMILES string of the molecule is CCCCC=CCCCCCCOc1ccc(-c2ncc(CCCCCCCCC)cn2)cc1. The smallest absolute Gasteiger partial charge is 0.159 e. The van der Waals surface area contributed by atoms with Gasteiger partial charge in [0.1, 0.15) is 5.75 Å². The Labute approximate surface area is 209 Å². The lowest BCUT2D eigenvalue weighted by atomic mass is 10.1. The van der Waals surface area contributed by atoms with Gasteiger partial charge in [0, 0.05) is 18.0 Å². The van der Waals surface area contributed by atoms with Crippen LogP contribution in [0.5, 0.6) is 5.75 Å². The number of aryl methyl sites for hydroxylation is 1. The van der Waals surface area contributed by atoms with Crippen molar-refractivity contribution in [1.29, 1.82) is 0 Å². The van der Waals surface area contributed by atoms with Crippen LogP contribution in [0.25, 0.3) is 11.4 Å². The summed E-state index contributed by atoms with van der Waals surface area (Å²) in [5.41, 5.74) is 2.28. The van der Waals surface area contributed by atoms with Gasteiger partial charge in [-0.25, -0.2) is 9.97 Å². The number of hydrogen-bond acceptors (Lipinski definition) is 3. The zero-order chi connectivity index (χ0) is 24.1. The Morgan fingerprint density at radius 1 is 0.647 bits per heavy atom. The quantitative estimate of drug-likeness (QED) is 0.144. The van der Waals surface area contributed by atoms with E-state index in [9.17, 15) is 0 Å². The van der Waals surface area contributed by atoms with Gasteiger partial charge in [0.15, 0.2) is 5.82 Å². The molecule has 188 valence electrons. The van der Waals surface area contributed by atoms with Crippen molar-refractivity contribution in [1.82, 2.24) is 9.97 Å². The van der Waals surface area contributed by atoms with Crippen LogP contribution in [0.15, 0.2) is 48.8 Å². The van der Waals surface area contributed by atoms with E-state index in [1.165, 1.54) is 95.5 Å². The molecule has 0 saturated heterocycles. The summed E-state index contributed by atoms with van der Waals surface area (Å²) in [6, 6.07) is 8.19. The molecule has 2 aromatic rings. The number of allylic oxidation sites excluding steroid dienone is 2. The molecule has 0 fully saturated rings. The number of benzene rings is 1. The molecule has 3 nitrogen and oxygen atoms in total. The molecule has 2 rings (SSSR count). The summed E-state index contributed by atoms with van der Waals surface area (Å²) in [6.45, 7) is 5.30. The van der Waals surface area contributed by atoms with Crippen molar-refractivity contribution in [2.75, 3.05) is 6.61 Å². The summed E-state index contributed by atoms with van der Waals surface area (Å²) >= 11 is 0. The lowest BCUT2D eigenvalue weighted by Crippen LogP contribution is -1.97. The van der Waals surface area contributed by atoms with Gasteiger partial charge in [-0.05, 0) is 68.4 Å². The largest absolute Gasteiger partial charge is 0.494 e. The standard InChI is InChI=1S/C31H48N2O/c1-3-5-7-9-11-12-13-15-17-19-25-34-30-23-21-29(22-24-30)31-32-26-28(27-33-31)20-18-16-14-10-8-6-4-2/h9,11,21-24,26-27H,3-8,10,12-20,25H2,1-2H3. The normalized spacial score (nSPS) is 11.4. The summed E-state index contributed by atoms with van der Waals surface area (Å²) < 4.78 is 5.92. The molecule has 0 aliphatic carbocycles. The maximum absolute atomic E-state index is 5.92. The van der Waals surface area contributed by atoms with Crippen LogP contribution >= 0.6 is 0 Å². The molecule has 0 amide bonds. The highest BCUT2D eigenvalue weighted by atomic mass is 16.5. The number of aromatic nitrogens is 2. The first-order valence-corrected chi connectivity index (χ1v) is 14.0. The van der Waals surface area contributed by atoms with Gasteiger partial charge in [0.2, 0.25) is 0 Å².